The fourth-order valence-corrected chi connectivity index (χ4v) is 2.01. The highest BCUT2D eigenvalue weighted by molar-refractivity contribution is 8.13. The molecule has 108 valence electrons. The standard InChI is InChI=1S/C7HClF3N3O5S/c8-20(17,18)4-2-13-6(14(15)16)5(3(4)1-12)19-7(9,10)11/h2H. The van der Waals surface area contributed by atoms with Gasteiger partial charge in [-0.25, -0.2) is 8.42 Å². The Morgan fingerprint density at radius 3 is 2.40 bits per heavy atom. The average molecular weight is 332 g/mol. The molecule has 0 amide bonds. The fourth-order valence-electron chi connectivity index (χ4n) is 1.10. The van der Waals surface area contributed by atoms with Crippen LogP contribution in [0.1, 0.15) is 5.56 Å². The Kier molecular flexibility index (Phi) is 4.06. The molecule has 0 unspecified atom stereocenters. The number of aromatic nitrogens is 1. The molecule has 0 saturated heterocycles. The molecule has 0 aliphatic heterocycles. The van der Waals surface area contributed by atoms with Crippen molar-refractivity contribution in [3.8, 4) is 11.8 Å². The minimum Gasteiger partial charge on any atom is -0.395 e. The summed E-state index contributed by atoms with van der Waals surface area (Å²) in [5.41, 5.74) is -1.26. The Labute approximate surface area is 112 Å². The smallest absolute Gasteiger partial charge is 0.395 e. The maximum atomic E-state index is 12.2. The molecule has 13 heteroatoms. The van der Waals surface area contributed by atoms with E-state index in [-0.39, 0.29) is 0 Å². The zero-order valence-corrected chi connectivity index (χ0v) is 10.5. The lowest BCUT2D eigenvalue weighted by atomic mass is 10.2. The Bertz CT molecular complexity index is 712. The predicted octanol–water partition coefficient (Wildman–Crippen LogP) is 1.69. The number of nitro groups is 1. The molecule has 8 nitrogen and oxygen atoms in total. The Hall–Kier alpha value is -2.13. The molecule has 0 N–H and O–H groups in total. The molecule has 0 aromatic carbocycles. The Balaban J connectivity index is 3.74. The summed E-state index contributed by atoms with van der Waals surface area (Å²) in [6, 6.07) is 1.06. The predicted molar refractivity (Wildman–Crippen MR) is 55.3 cm³/mol. The van der Waals surface area contributed by atoms with Gasteiger partial charge in [-0.1, -0.05) is 0 Å². The van der Waals surface area contributed by atoms with Crippen molar-refractivity contribution >= 4 is 25.6 Å². The molecule has 1 heterocycles. The van der Waals surface area contributed by atoms with Gasteiger partial charge in [0.2, 0.25) is 5.75 Å². The molecular weight excluding hydrogens is 331 g/mol. The van der Waals surface area contributed by atoms with Crippen molar-refractivity contribution in [3.63, 3.8) is 0 Å². The zero-order chi connectivity index (χ0) is 15.7. The normalized spacial score (nSPS) is 11.8. The van der Waals surface area contributed by atoms with E-state index in [1.165, 1.54) is 0 Å². The van der Waals surface area contributed by atoms with Crippen LogP contribution in [0.25, 0.3) is 0 Å². The van der Waals surface area contributed by atoms with Gasteiger partial charge in [0.1, 0.15) is 16.5 Å². The van der Waals surface area contributed by atoms with E-state index in [2.05, 4.69) is 9.72 Å². The van der Waals surface area contributed by atoms with Crippen molar-refractivity contribution in [2.75, 3.05) is 0 Å². The van der Waals surface area contributed by atoms with E-state index in [9.17, 15) is 31.7 Å². The summed E-state index contributed by atoms with van der Waals surface area (Å²) in [4.78, 5) is 10.9. The molecule has 0 fully saturated rings. The summed E-state index contributed by atoms with van der Waals surface area (Å²) in [5, 5.41) is 19.2. The monoisotopic (exact) mass is 331 g/mol. The van der Waals surface area contributed by atoms with E-state index in [1.54, 1.807) is 0 Å². The highest BCUT2D eigenvalue weighted by Crippen LogP contribution is 2.37. The molecule has 0 atom stereocenters. The molecule has 1 aromatic heterocycles. The fraction of sp³-hybridized carbons (Fsp3) is 0.143. The third-order valence-corrected chi connectivity index (χ3v) is 3.08. The topological polar surface area (TPSA) is 123 Å². The van der Waals surface area contributed by atoms with Gasteiger partial charge in [0.05, 0.1) is 0 Å². The van der Waals surface area contributed by atoms with Crippen molar-refractivity contribution in [3.05, 3.63) is 21.9 Å². The van der Waals surface area contributed by atoms with Gasteiger partial charge in [-0.05, 0) is 9.91 Å². The van der Waals surface area contributed by atoms with Crippen LogP contribution in [-0.2, 0) is 9.05 Å². The third kappa shape index (κ3) is 3.45. The maximum absolute atomic E-state index is 12.2. The van der Waals surface area contributed by atoms with E-state index >= 15 is 0 Å². The van der Waals surface area contributed by atoms with Gasteiger partial charge in [0.15, 0.2) is 6.20 Å². The van der Waals surface area contributed by atoms with Gasteiger partial charge in [-0.15, -0.1) is 13.2 Å². The number of nitriles is 1. The first-order valence-corrected chi connectivity index (χ1v) is 6.56. The summed E-state index contributed by atoms with van der Waals surface area (Å²) < 4.78 is 62.0. The van der Waals surface area contributed by atoms with Crippen molar-refractivity contribution in [2.24, 2.45) is 0 Å². The zero-order valence-electron chi connectivity index (χ0n) is 8.88. The molecule has 1 aromatic rings. The number of rotatable bonds is 3. The van der Waals surface area contributed by atoms with Crippen LogP contribution < -0.4 is 4.74 Å². The molecule has 0 aliphatic rings. The van der Waals surface area contributed by atoms with Crippen molar-refractivity contribution in [1.82, 2.24) is 4.98 Å². The molecule has 0 radical (unpaired) electrons. The number of ether oxygens (including phenoxy) is 1. The van der Waals surface area contributed by atoms with Gasteiger partial charge in [0.25, 0.3) is 9.05 Å². The number of nitrogens with zero attached hydrogens (tertiary/aromatic N) is 3. The lowest BCUT2D eigenvalue weighted by Crippen LogP contribution is -2.20. The van der Waals surface area contributed by atoms with Gasteiger partial charge in [0, 0.05) is 10.7 Å². The van der Waals surface area contributed by atoms with Crippen LogP contribution in [0.15, 0.2) is 11.1 Å². The average Bonchev–Trinajstić information content (AvgIpc) is 2.24. The summed E-state index contributed by atoms with van der Waals surface area (Å²) in [6.45, 7) is 0. The first kappa shape index (κ1) is 15.9. The van der Waals surface area contributed by atoms with Crippen LogP contribution in [0, 0.1) is 21.4 Å². The quantitative estimate of drug-likeness (QED) is 0.469. The van der Waals surface area contributed by atoms with E-state index in [0.717, 1.165) is 6.07 Å². The number of alkyl halides is 3. The number of hydrogen-bond donors (Lipinski definition) is 0. The van der Waals surface area contributed by atoms with Crippen LogP contribution in [0.5, 0.6) is 5.75 Å². The first-order valence-electron chi connectivity index (χ1n) is 4.25. The van der Waals surface area contributed by atoms with Crippen molar-refractivity contribution in [2.45, 2.75) is 11.3 Å². The SMILES string of the molecule is N#Cc1c(S(=O)(=O)Cl)cnc([N+](=O)[O-])c1OC(F)(F)F. The van der Waals surface area contributed by atoms with E-state index in [0.29, 0.717) is 6.20 Å². The van der Waals surface area contributed by atoms with Crippen LogP contribution in [-0.4, -0.2) is 24.7 Å². The highest BCUT2D eigenvalue weighted by atomic mass is 35.7. The summed E-state index contributed by atoms with van der Waals surface area (Å²) >= 11 is 0. The largest absolute Gasteiger partial charge is 0.573 e. The van der Waals surface area contributed by atoms with Gasteiger partial charge < -0.3 is 14.9 Å². The minimum absolute atomic E-state index is 0.294. The minimum atomic E-state index is -5.40. The Morgan fingerprint density at radius 1 is 1.50 bits per heavy atom. The van der Waals surface area contributed by atoms with Gasteiger partial charge in [-0.3, -0.25) is 0 Å². The van der Waals surface area contributed by atoms with Crippen molar-refractivity contribution < 1.29 is 31.2 Å². The first-order chi connectivity index (χ1) is 8.97. The lowest BCUT2D eigenvalue weighted by Gasteiger charge is -2.10. The molecule has 0 saturated carbocycles. The number of halogens is 4. The number of hydrogen-bond acceptors (Lipinski definition) is 7. The molecule has 1 rings (SSSR count). The van der Waals surface area contributed by atoms with Crippen LogP contribution in [0.4, 0.5) is 19.0 Å². The second kappa shape index (κ2) is 5.10. The third-order valence-electron chi connectivity index (χ3n) is 1.75. The molecular formula is C7HClF3N3O5S. The second-order valence-electron chi connectivity index (χ2n) is 3.00. The Morgan fingerprint density at radius 2 is 2.05 bits per heavy atom. The second-order valence-corrected chi connectivity index (χ2v) is 5.54. The molecule has 0 aliphatic carbocycles. The van der Waals surface area contributed by atoms with Crippen LogP contribution in [0.3, 0.4) is 0 Å². The van der Waals surface area contributed by atoms with Crippen molar-refractivity contribution in [1.29, 1.82) is 5.26 Å². The molecule has 0 bridgehead atoms. The van der Waals surface area contributed by atoms with E-state index in [1.807, 2.05) is 0 Å². The van der Waals surface area contributed by atoms with Gasteiger partial charge in [-0.2, -0.15) is 5.26 Å². The molecule has 0 spiro atoms. The van der Waals surface area contributed by atoms with Gasteiger partial charge >= 0.3 is 12.2 Å². The molecule has 20 heavy (non-hydrogen) atoms. The van der Waals surface area contributed by atoms with E-state index < -0.39 is 42.4 Å². The maximum Gasteiger partial charge on any atom is 0.573 e. The van der Waals surface area contributed by atoms with Crippen LogP contribution in [0.2, 0.25) is 0 Å². The highest BCUT2D eigenvalue weighted by Gasteiger charge is 2.39. The summed E-state index contributed by atoms with van der Waals surface area (Å²) in [7, 11) is 0.243. The van der Waals surface area contributed by atoms with Crippen LogP contribution >= 0.6 is 10.7 Å². The summed E-state index contributed by atoms with van der Waals surface area (Å²) in [5.74, 6) is -3.12. The number of pyridine rings is 1. The van der Waals surface area contributed by atoms with E-state index in [4.69, 9.17) is 15.9 Å². The lowest BCUT2D eigenvalue weighted by molar-refractivity contribution is -0.393. The summed E-state index contributed by atoms with van der Waals surface area (Å²) in [6.07, 6.45) is -5.10.